The number of rotatable bonds is 1. The summed E-state index contributed by atoms with van der Waals surface area (Å²) in [6, 6.07) is 5.24. The lowest BCUT2D eigenvalue weighted by Gasteiger charge is -2.20. The molecule has 6 nitrogen and oxygen atoms in total. The van der Waals surface area contributed by atoms with Gasteiger partial charge in [0.1, 0.15) is 5.75 Å². The van der Waals surface area contributed by atoms with Crippen LogP contribution in [0.4, 0.5) is 0 Å². The van der Waals surface area contributed by atoms with E-state index in [0.717, 1.165) is 6.07 Å². The Morgan fingerprint density at radius 1 is 0.857 bits per heavy atom. The van der Waals surface area contributed by atoms with Crippen molar-refractivity contribution in [3.63, 3.8) is 0 Å². The molecule has 1 aliphatic rings. The first-order valence-electron chi connectivity index (χ1n) is 6.07. The van der Waals surface area contributed by atoms with Crippen LogP contribution >= 0.6 is 0 Å². The number of ketones is 2. The first-order valence-corrected chi connectivity index (χ1v) is 6.07. The third-order valence-corrected chi connectivity index (χ3v) is 3.51. The van der Waals surface area contributed by atoms with Crippen molar-refractivity contribution in [1.29, 1.82) is 0 Å². The summed E-state index contributed by atoms with van der Waals surface area (Å²) in [5.41, 5.74) is -0.736. The molecular formula is C15H10O6. The van der Waals surface area contributed by atoms with E-state index in [1.165, 1.54) is 18.2 Å². The Labute approximate surface area is 118 Å². The van der Waals surface area contributed by atoms with Gasteiger partial charge < -0.3 is 20.4 Å². The van der Waals surface area contributed by atoms with Crippen molar-refractivity contribution in [3.8, 4) is 17.2 Å². The molecule has 4 N–H and O–H groups in total. The van der Waals surface area contributed by atoms with Gasteiger partial charge in [0.25, 0.3) is 0 Å². The van der Waals surface area contributed by atoms with Gasteiger partial charge in [0, 0.05) is 16.7 Å². The van der Waals surface area contributed by atoms with Crippen molar-refractivity contribution in [2.24, 2.45) is 0 Å². The van der Waals surface area contributed by atoms with Crippen LogP contribution < -0.4 is 0 Å². The summed E-state index contributed by atoms with van der Waals surface area (Å²) in [4.78, 5) is 24.8. The molecule has 0 atom stereocenters. The van der Waals surface area contributed by atoms with Crippen molar-refractivity contribution in [2.75, 3.05) is 0 Å². The summed E-state index contributed by atoms with van der Waals surface area (Å²) >= 11 is 0. The maximum absolute atomic E-state index is 12.4. The average Bonchev–Trinajstić information content (AvgIpc) is 2.47. The van der Waals surface area contributed by atoms with Crippen molar-refractivity contribution >= 4 is 11.6 Å². The standard InChI is InChI=1S/C15H10O6/c16-5-6-4-8-11(15(21)12(6)18)14(20)10-7(13(8)19)2-1-3-9(10)17/h1-4,16-18,21H,5H2. The number of hydrogen-bond acceptors (Lipinski definition) is 6. The molecule has 0 amide bonds. The number of aliphatic hydroxyl groups is 1. The second kappa shape index (κ2) is 4.32. The molecule has 2 aromatic rings. The molecule has 0 spiro atoms. The monoisotopic (exact) mass is 286 g/mol. The predicted octanol–water partition coefficient (Wildman–Crippen LogP) is 1.07. The third kappa shape index (κ3) is 1.63. The van der Waals surface area contributed by atoms with E-state index in [2.05, 4.69) is 0 Å². The zero-order valence-corrected chi connectivity index (χ0v) is 10.6. The number of hydrogen-bond donors (Lipinski definition) is 4. The number of fused-ring (bicyclic) bond motifs is 2. The molecule has 106 valence electrons. The summed E-state index contributed by atoms with van der Waals surface area (Å²) < 4.78 is 0. The minimum atomic E-state index is -0.774. The van der Waals surface area contributed by atoms with Gasteiger partial charge in [0.05, 0.1) is 17.7 Å². The SMILES string of the molecule is O=C1c2cccc(O)c2C(=O)c2c1cc(CO)c(O)c2O. The zero-order chi connectivity index (χ0) is 15.3. The molecule has 0 aliphatic heterocycles. The highest BCUT2D eigenvalue weighted by Crippen LogP contribution is 2.42. The van der Waals surface area contributed by atoms with Gasteiger partial charge in [0.15, 0.2) is 17.3 Å². The van der Waals surface area contributed by atoms with Gasteiger partial charge >= 0.3 is 0 Å². The summed E-state index contributed by atoms with van der Waals surface area (Å²) in [6.07, 6.45) is 0. The fourth-order valence-electron chi connectivity index (χ4n) is 2.48. The van der Waals surface area contributed by atoms with Gasteiger partial charge in [-0.25, -0.2) is 0 Å². The molecule has 2 aromatic carbocycles. The van der Waals surface area contributed by atoms with Crippen LogP contribution in [0, 0.1) is 0 Å². The second-order valence-electron chi connectivity index (χ2n) is 4.67. The maximum Gasteiger partial charge on any atom is 0.202 e. The highest BCUT2D eigenvalue weighted by molar-refractivity contribution is 6.30. The van der Waals surface area contributed by atoms with Gasteiger partial charge in [-0.3, -0.25) is 9.59 Å². The van der Waals surface area contributed by atoms with Crippen LogP contribution in [-0.2, 0) is 6.61 Å². The fraction of sp³-hybridized carbons (Fsp3) is 0.0667. The smallest absolute Gasteiger partial charge is 0.202 e. The third-order valence-electron chi connectivity index (χ3n) is 3.51. The molecule has 0 heterocycles. The van der Waals surface area contributed by atoms with Crippen molar-refractivity contribution in [2.45, 2.75) is 6.61 Å². The number of aliphatic hydroxyl groups excluding tert-OH is 1. The number of benzene rings is 2. The Kier molecular flexibility index (Phi) is 2.70. The zero-order valence-electron chi connectivity index (χ0n) is 10.6. The molecule has 21 heavy (non-hydrogen) atoms. The van der Waals surface area contributed by atoms with Gasteiger partial charge in [-0.05, 0) is 12.1 Å². The van der Waals surface area contributed by atoms with Gasteiger partial charge in [-0.1, -0.05) is 12.1 Å². The largest absolute Gasteiger partial charge is 0.507 e. The number of phenols is 3. The highest BCUT2D eigenvalue weighted by Gasteiger charge is 2.35. The summed E-state index contributed by atoms with van der Waals surface area (Å²) in [7, 11) is 0. The molecule has 0 aromatic heterocycles. The molecule has 3 rings (SSSR count). The minimum absolute atomic E-state index is 0.0153. The van der Waals surface area contributed by atoms with Gasteiger partial charge in [-0.2, -0.15) is 0 Å². The van der Waals surface area contributed by atoms with Crippen LogP contribution in [0.2, 0.25) is 0 Å². The van der Waals surface area contributed by atoms with Crippen LogP contribution in [0.25, 0.3) is 0 Å². The minimum Gasteiger partial charge on any atom is -0.507 e. The molecule has 0 bridgehead atoms. The number of carbonyl (C=O) groups is 2. The van der Waals surface area contributed by atoms with Crippen molar-refractivity contribution in [3.05, 3.63) is 52.1 Å². The summed E-state index contributed by atoms with van der Waals surface area (Å²) in [5.74, 6) is -3.13. The lowest BCUT2D eigenvalue weighted by atomic mass is 9.82. The Bertz CT molecular complexity index is 806. The maximum atomic E-state index is 12.4. The lowest BCUT2D eigenvalue weighted by Crippen LogP contribution is -2.21. The van der Waals surface area contributed by atoms with E-state index in [1.54, 1.807) is 0 Å². The highest BCUT2D eigenvalue weighted by atomic mass is 16.3. The summed E-state index contributed by atoms with van der Waals surface area (Å²) in [6.45, 7) is -0.596. The molecule has 1 aliphatic carbocycles. The number of phenolic OH excluding ortho intramolecular Hbond substituents is 2. The quantitative estimate of drug-likeness (QED) is 0.497. The molecule has 0 radical (unpaired) electrons. The van der Waals surface area contributed by atoms with Crippen molar-refractivity contribution in [1.82, 2.24) is 0 Å². The van der Waals surface area contributed by atoms with E-state index in [1.807, 2.05) is 0 Å². The van der Waals surface area contributed by atoms with Crippen molar-refractivity contribution < 1.29 is 30.0 Å². The van der Waals surface area contributed by atoms with E-state index < -0.39 is 29.7 Å². The second-order valence-corrected chi connectivity index (χ2v) is 4.67. The van der Waals surface area contributed by atoms with E-state index in [0.29, 0.717) is 0 Å². The Hall–Kier alpha value is -2.86. The van der Waals surface area contributed by atoms with Gasteiger partial charge in [-0.15, -0.1) is 0 Å². The number of carbonyl (C=O) groups excluding carboxylic acids is 2. The van der Waals surface area contributed by atoms with E-state index in [-0.39, 0.29) is 33.6 Å². The topological polar surface area (TPSA) is 115 Å². The van der Waals surface area contributed by atoms with E-state index >= 15 is 0 Å². The van der Waals surface area contributed by atoms with Crippen LogP contribution in [-0.4, -0.2) is 32.0 Å². The molecular weight excluding hydrogens is 276 g/mol. The average molecular weight is 286 g/mol. The van der Waals surface area contributed by atoms with Crippen LogP contribution in [0.1, 0.15) is 37.4 Å². The van der Waals surface area contributed by atoms with Gasteiger partial charge in [0.2, 0.25) is 5.78 Å². The Balaban J connectivity index is 2.39. The van der Waals surface area contributed by atoms with Crippen LogP contribution in [0.15, 0.2) is 24.3 Å². The molecule has 0 fully saturated rings. The molecule has 6 heteroatoms. The van der Waals surface area contributed by atoms with E-state index in [9.17, 15) is 24.9 Å². The molecule has 0 saturated heterocycles. The molecule has 0 saturated carbocycles. The Morgan fingerprint density at radius 3 is 2.24 bits per heavy atom. The first kappa shape index (κ1) is 13.1. The fourth-order valence-corrected chi connectivity index (χ4v) is 2.48. The predicted molar refractivity (Wildman–Crippen MR) is 70.7 cm³/mol. The summed E-state index contributed by atoms with van der Waals surface area (Å²) in [5, 5.41) is 38.6. The van der Waals surface area contributed by atoms with Crippen LogP contribution in [0.3, 0.4) is 0 Å². The first-order chi connectivity index (χ1) is 9.97. The van der Waals surface area contributed by atoms with E-state index in [4.69, 9.17) is 5.11 Å². The van der Waals surface area contributed by atoms with Crippen LogP contribution in [0.5, 0.6) is 17.2 Å². The Morgan fingerprint density at radius 2 is 1.57 bits per heavy atom. The lowest BCUT2D eigenvalue weighted by molar-refractivity contribution is 0.0973. The normalized spacial score (nSPS) is 13.0. The number of aromatic hydroxyl groups is 3. The molecule has 0 unspecified atom stereocenters.